The Kier molecular flexibility index (Phi) is 4.57. The molecule has 2 fully saturated rings. The fourth-order valence-corrected chi connectivity index (χ4v) is 3.74. The molecule has 0 radical (unpaired) electrons. The van der Waals surface area contributed by atoms with Crippen LogP contribution in [0.5, 0.6) is 0 Å². The quantitative estimate of drug-likeness (QED) is 0.897. The minimum Gasteiger partial charge on any atom is -0.355 e. The molecule has 1 aliphatic heterocycles. The van der Waals surface area contributed by atoms with Gasteiger partial charge in [-0.25, -0.2) is 14.4 Å². The summed E-state index contributed by atoms with van der Waals surface area (Å²) in [5.74, 6) is 1.07. The van der Waals surface area contributed by atoms with E-state index in [0.29, 0.717) is 12.5 Å². The van der Waals surface area contributed by atoms with E-state index in [0.717, 1.165) is 50.3 Å². The third-order valence-electron chi connectivity index (χ3n) is 5.58. The first-order chi connectivity index (χ1) is 12.7. The molecule has 0 unspecified atom stereocenters. The zero-order valence-electron chi connectivity index (χ0n) is 14.7. The van der Waals surface area contributed by atoms with Crippen molar-refractivity contribution in [2.45, 2.75) is 31.1 Å². The Morgan fingerprint density at radius 2 is 1.81 bits per heavy atom. The van der Waals surface area contributed by atoms with Crippen molar-refractivity contribution in [2.75, 3.05) is 24.5 Å². The summed E-state index contributed by atoms with van der Waals surface area (Å²) in [6.45, 7) is 2.52. The first kappa shape index (κ1) is 16.9. The van der Waals surface area contributed by atoms with E-state index in [1.165, 1.54) is 12.1 Å². The smallest absolute Gasteiger partial charge is 0.230 e. The highest BCUT2D eigenvalue weighted by atomic mass is 19.1. The van der Waals surface area contributed by atoms with Crippen LogP contribution in [0, 0.1) is 11.7 Å². The summed E-state index contributed by atoms with van der Waals surface area (Å²) in [5.41, 5.74) is 0.485. The first-order valence-electron chi connectivity index (χ1n) is 9.24. The molecule has 2 aliphatic rings. The van der Waals surface area contributed by atoms with Crippen molar-refractivity contribution in [3.63, 3.8) is 0 Å². The van der Waals surface area contributed by atoms with Gasteiger partial charge < -0.3 is 10.2 Å². The Bertz CT molecular complexity index is 753. The first-order valence-corrected chi connectivity index (χ1v) is 9.24. The molecule has 2 heterocycles. The van der Waals surface area contributed by atoms with Crippen LogP contribution >= 0.6 is 0 Å². The molecule has 0 spiro atoms. The second-order valence-corrected chi connectivity index (χ2v) is 7.28. The monoisotopic (exact) mass is 354 g/mol. The SMILES string of the molecule is O=C(NCC1CCN(c2ncccn2)CC1)C1(c2ccc(F)cc2)CC1. The van der Waals surface area contributed by atoms with Gasteiger partial charge in [0.05, 0.1) is 5.41 Å². The fourth-order valence-electron chi connectivity index (χ4n) is 3.74. The van der Waals surface area contributed by atoms with Crippen LogP contribution in [0.1, 0.15) is 31.2 Å². The van der Waals surface area contributed by atoms with E-state index < -0.39 is 5.41 Å². The van der Waals surface area contributed by atoms with E-state index >= 15 is 0 Å². The molecule has 0 bridgehead atoms. The number of benzene rings is 1. The van der Waals surface area contributed by atoms with Gasteiger partial charge in [0, 0.05) is 32.0 Å². The van der Waals surface area contributed by atoms with Gasteiger partial charge in [-0.2, -0.15) is 0 Å². The van der Waals surface area contributed by atoms with Crippen LogP contribution in [-0.2, 0) is 10.2 Å². The van der Waals surface area contributed by atoms with Crippen molar-refractivity contribution in [1.82, 2.24) is 15.3 Å². The molecule has 1 aliphatic carbocycles. The Morgan fingerprint density at radius 1 is 1.15 bits per heavy atom. The van der Waals surface area contributed by atoms with Crippen molar-refractivity contribution in [3.05, 3.63) is 54.1 Å². The standard InChI is InChI=1S/C20H23FN4O/c21-17-4-2-16(3-5-17)20(8-9-20)18(26)24-14-15-6-12-25(13-7-15)19-22-10-1-11-23-19/h1-5,10-11,15H,6-9,12-14H2,(H,24,26). The number of hydrogen-bond acceptors (Lipinski definition) is 4. The van der Waals surface area contributed by atoms with Gasteiger partial charge in [-0.3, -0.25) is 4.79 Å². The van der Waals surface area contributed by atoms with Gasteiger partial charge in [-0.1, -0.05) is 12.1 Å². The molecule has 1 N–H and O–H groups in total. The summed E-state index contributed by atoms with van der Waals surface area (Å²) < 4.78 is 13.1. The van der Waals surface area contributed by atoms with Crippen molar-refractivity contribution in [2.24, 2.45) is 5.92 Å². The van der Waals surface area contributed by atoms with Crippen molar-refractivity contribution in [3.8, 4) is 0 Å². The van der Waals surface area contributed by atoms with Gasteiger partial charge in [-0.05, 0) is 55.4 Å². The molecule has 4 rings (SSSR count). The molecule has 1 aromatic heterocycles. The molecule has 1 saturated carbocycles. The van der Waals surface area contributed by atoms with E-state index in [1.807, 2.05) is 6.07 Å². The molecule has 2 aromatic rings. The largest absolute Gasteiger partial charge is 0.355 e. The average Bonchev–Trinajstić information content (AvgIpc) is 3.50. The molecule has 1 aromatic carbocycles. The summed E-state index contributed by atoms with van der Waals surface area (Å²) in [6, 6.07) is 8.16. The Hall–Kier alpha value is -2.50. The van der Waals surface area contributed by atoms with E-state index in [-0.39, 0.29) is 11.7 Å². The van der Waals surface area contributed by atoms with Crippen molar-refractivity contribution < 1.29 is 9.18 Å². The lowest BCUT2D eigenvalue weighted by atomic mass is 9.93. The van der Waals surface area contributed by atoms with Gasteiger partial charge >= 0.3 is 0 Å². The summed E-state index contributed by atoms with van der Waals surface area (Å²) in [7, 11) is 0. The maximum absolute atomic E-state index is 13.1. The zero-order valence-corrected chi connectivity index (χ0v) is 14.7. The number of halogens is 1. The number of anilines is 1. The van der Waals surface area contributed by atoms with Crippen LogP contribution in [0.4, 0.5) is 10.3 Å². The van der Waals surface area contributed by atoms with Crippen LogP contribution in [0.3, 0.4) is 0 Å². The minimum atomic E-state index is -0.438. The highest BCUT2D eigenvalue weighted by Crippen LogP contribution is 2.48. The normalized spacial score (nSPS) is 19.2. The zero-order chi connectivity index (χ0) is 18.0. The summed E-state index contributed by atoms with van der Waals surface area (Å²) in [5, 5.41) is 3.14. The average molecular weight is 354 g/mol. The second-order valence-electron chi connectivity index (χ2n) is 7.28. The Morgan fingerprint density at radius 3 is 2.42 bits per heavy atom. The van der Waals surface area contributed by atoms with Crippen LogP contribution in [-0.4, -0.2) is 35.5 Å². The molecule has 0 atom stereocenters. The maximum atomic E-state index is 13.1. The maximum Gasteiger partial charge on any atom is 0.230 e. The highest BCUT2D eigenvalue weighted by Gasteiger charge is 2.51. The van der Waals surface area contributed by atoms with Crippen LogP contribution < -0.4 is 10.2 Å². The number of aromatic nitrogens is 2. The number of carbonyl (C=O) groups excluding carboxylic acids is 1. The van der Waals surface area contributed by atoms with Gasteiger partial charge in [-0.15, -0.1) is 0 Å². The highest BCUT2D eigenvalue weighted by molar-refractivity contribution is 5.91. The summed E-state index contributed by atoms with van der Waals surface area (Å²) in [4.78, 5) is 23.5. The predicted molar refractivity (Wildman–Crippen MR) is 97.3 cm³/mol. The van der Waals surface area contributed by atoms with E-state index in [4.69, 9.17) is 0 Å². The van der Waals surface area contributed by atoms with Gasteiger partial charge in [0.2, 0.25) is 11.9 Å². The molecule has 1 saturated heterocycles. The molecule has 136 valence electrons. The number of amides is 1. The third kappa shape index (κ3) is 3.41. The third-order valence-corrected chi connectivity index (χ3v) is 5.58. The van der Waals surface area contributed by atoms with Crippen LogP contribution in [0.2, 0.25) is 0 Å². The van der Waals surface area contributed by atoms with Gasteiger partial charge in [0.25, 0.3) is 0 Å². The molecule has 5 nitrogen and oxygen atoms in total. The number of carbonyl (C=O) groups is 1. The molecule has 1 amide bonds. The minimum absolute atomic E-state index is 0.0814. The van der Waals surface area contributed by atoms with Gasteiger partial charge in [0.1, 0.15) is 5.82 Å². The van der Waals surface area contributed by atoms with Crippen molar-refractivity contribution in [1.29, 1.82) is 0 Å². The van der Waals surface area contributed by atoms with Crippen LogP contribution in [0.25, 0.3) is 0 Å². The van der Waals surface area contributed by atoms with Crippen molar-refractivity contribution >= 4 is 11.9 Å². The topological polar surface area (TPSA) is 58.1 Å². The lowest BCUT2D eigenvalue weighted by Crippen LogP contribution is -2.42. The van der Waals surface area contributed by atoms with E-state index in [9.17, 15) is 9.18 Å². The molecule has 6 heteroatoms. The summed E-state index contributed by atoms with van der Waals surface area (Å²) in [6.07, 6.45) is 7.24. The number of rotatable bonds is 5. The van der Waals surface area contributed by atoms with Gasteiger partial charge in [0.15, 0.2) is 0 Å². The fraction of sp³-hybridized carbons (Fsp3) is 0.450. The Labute approximate surface area is 152 Å². The number of nitrogens with zero attached hydrogens (tertiary/aromatic N) is 3. The molecule has 26 heavy (non-hydrogen) atoms. The van der Waals surface area contributed by atoms with E-state index in [2.05, 4.69) is 20.2 Å². The predicted octanol–water partition coefficient (Wildman–Crippen LogP) is 2.68. The number of nitrogens with one attached hydrogen (secondary N) is 1. The number of hydrogen-bond donors (Lipinski definition) is 1. The van der Waals surface area contributed by atoms with Crippen LogP contribution in [0.15, 0.2) is 42.7 Å². The van der Waals surface area contributed by atoms with E-state index in [1.54, 1.807) is 24.5 Å². The summed E-state index contributed by atoms with van der Waals surface area (Å²) >= 11 is 0. The molecular formula is C20H23FN4O. The lowest BCUT2D eigenvalue weighted by molar-refractivity contribution is -0.123. The number of piperidine rings is 1. The second kappa shape index (κ2) is 7.02. The molecular weight excluding hydrogens is 331 g/mol. The lowest BCUT2D eigenvalue weighted by Gasteiger charge is -2.32. The Balaban J connectivity index is 1.28.